The molecule has 0 radical (unpaired) electrons. The summed E-state index contributed by atoms with van der Waals surface area (Å²) in [6.45, 7) is 7.11. The number of carbonyl (C=O) groups is 1. The van der Waals surface area contributed by atoms with Crippen LogP contribution in [0.3, 0.4) is 0 Å². The highest BCUT2D eigenvalue weighted by molar-refractivity contribution is 7.99. The van der Waals surface area contributed by atoms with Gasteiger partial charge in [-0.1, -0.05) is 30.0 Å². The molecule has 1 aliphatic rings. The zero-order valence-corrected chi connectivity index (χ0v) is 17.8. The molecule has 1 saturated heterocycles. The van der Waals surface area contributed by atoms with Crippen LogP contribution in [0.4, 0.5) is 11.4 Å². The van der Waals surface area contributed by atoms with Crippen LogP contribution in [-0.2, 0) is 11.3 Å². The van der Waals surface area contributed by atoms with Crippen LogP contribution in [0.1, 0.15) is 0 Å². The van der Waals surface area contributed by atoms with Gasteiger partial charge in [-0.15, -0.1) is 6.58 Å². The van der Waals surface area contributed by atoms with E-state index in [1.807, 2.05) is 35.2 Å². The quantitative estimate of drug-likeness (QED) is 0.243. The molecule has 160 valence electrons. The molecule has 8 nitrogen and oxygen atoms in total. The third kappa shape index (κ3) is 4.56. The molecule has 0 N–H and O–H groups in total. The smallest absolute Gasteiger partial charge is 0.269 e. The van der Waals surface area contributed by atoms with Crippen molar-refractivity contribution in [2.24, 2.45) is 0 Å². The molecule has 2 heterocycles. The highest BCUT2D eigenvalue weighted by atomic mass is 32.2. The number of carbonyl (C=O) groups excluding carboxylic acids is 1. The van der Waals surface area contributed by atoms with Crippen LogP contribution < -0.4 is 4.90 Å². The first kappa shape index (κ1) is 20.9. The van der Waals surface area contributed by atoms with E-state index in [1.54, 1.807) is 12.1 Å². The van der Waals surface area contributed by atoms with Crippen LogP contribution in [0.2, 0.25) is 0 Å². The largest absolute Gasteiger partial charge is 0.368 e. The van der Waals surface area contributed by atoms with Crippen molar-refractivity contribution >= 4 is 40.1 Å². The number of hydrogen-bond donors (Lipinski definition) is 0. The number of anilines is 1. The van der Waals surface area contributed by atoms with E-state index in [4.69, 9.17) is 0 Å². The number of benzene rings is 2. The Labute approximate surface area is 184 Å². The number of para-hydroxylation sites is 2. The summed E-state index contributed by atoms with van der Waals surface area (Å²) in [6.07, 6.45) is 1.83. The second-order valence-corrected chi connectivity index (χ2v) is 8.15. The van der Waals surface area contributed by atoms with Gasteiger partial charge >= 0.3 is 0 Å². The predicted molar refractivity (Wildman–Crippen MR) is 123 cm³/mol. The summed E-state index contributed by atoms with van der Waals surface area (Å²) < 4.78 is 2.08. The van der Waals surface area contributed by atoms with Crippen molar-refractivity contribution in [3.63, 3.8) is 0 Å². The number of amides is 1. The highest BCUT2D eigenvalue weighted by Crippen LogP contribution is 2.25. The molecular weight excluding hydrogens is 414 g/mol. The van der Waals surface area contributed by atoms with E-state index < -0.39 is 4.92 Å². The van der Waals surface area contributed by atoms with Crippen molar-refractivity contribution in [1.82, 2.24) is 14.5 Å². The molecule has 0 spiro atoms. The van der Waals surface area contributed by atoms with Crippen LogP contribution >= 0.6 is 11.8 Å². The van der Waals surface area contributed by atoms with Crippen LogP contribution in [0.15, 0.2) is 66.3 Å². The first-order valence-corrected chi connectivity index (χ1v) is 11.0. The average Bonchev–Trinajstić information content (AvgIpc) is 3.15. The Morgan fingerprint density at radius 2 is 1.84 bits per heavy atom. The summed E-state index contributed by atoms with van der Waals surface area (Å²) in [6, 6.07) is 14.5. The molecule has 0 unspecified atom stereocenters. The van der Waals surface area contributed by atoms with Crippen molar-refractivity contribution < 1.29 is 9.72 Å². The Morgan fingerprint density at radius 3 is 2.52 bits per heavy atom. The zero-order chi connectivity index (χ0) is 21.8. The van der Waals surface area contributed by atoms with Gasteiger partial charge in [0.2, 0.25) is 5.91 Å². The van der Waals surface area contributed by atoms with Crippen LogP contribution in [0.5, 0.6) is 0 Å². The lowest BCUT2D eigenvalue weighted by atomic mass is 10.2. The zero-order valence-electron chi connectivity index (χ0n) is 17.0. The standard InChI is InChI=1S/C22H23N5O3S/c1-2-11-26-20-6-4-3-5-19(20)23-22(26)31-16-21(28)25-14-12-24(13-15-25)17-7-9-18(10-8-17)27(29)30/h2-10H,1,11-16H2. The molecule has 1 aromatic heterocycles. The Bertz CT molecular complexity index is 1100. The van der Waals surface area contributed by atoms with Crippen molar-refractivity contribution in [2.45, 2.75) is 11.7 Å². The summed E-state index contributed by atoms with van der Waals surface area (Å²) >= 11 is 1.45. The predicted octanol–water partition coefficient (Wildman–Crippen LogP) is 3.57. The first-order chi connectivity index (χ1) is 15.1. The Morgan fingerprint density at radius 1 is 1.13 bits per heavy atom. The fourth-order valence-electron chi connectivity index (χ4n) is 3.69. The Kier molecular flexibility index (Phi) is 6.22. The van der Waals surface area contributed by atoms with Gasteiger partial charge in [0.05, 0.1) is 21.7 Å². The minimum absolute atomic E-state index is 0.0806. The Balaban J connectivity index is 1.34. The minimum Gasteiger partial charge on any atom is -0.368 e. The molecule has 0 atom stereocenters. The lowest BCUT2D eigenvalue weighted by molar-refractivity contribution is -0.384. The molecular formula is C22H23N5O3S. The first-order valence-electron chi connectivity index (χ1n) is 10.0. The van der Waals surface area contributed by atoms with Gasteiger partial charge in [0.1, 0.15) is 0 Å². The maximum Gasteiger partial charge on any atom is 0.269 e. The molecule has 3 aromatic rings. The third-order valence-corrected chi connectivity index (χ3v) is 6.28. The number of nitro groups is 1. The van der Waals surface area contributed by atoms with Gasteiger partial charge in [-0.3, -0.25) is 14.9 Å². The summed E-state index contributed by atoms with van der Waals surface area (Å²) in [5, 5.41) is 11.6. The van der Waals surface area contributed by atoms with E-state index in [9.17, 15) is 14.9 Å². The van der Waals surface area contributed by atoms with Gasteiger partial charge in [-0.2, -0.15) is 0 Å². The number of thioether (sulfide) groups is 1. The van der Waals surface area contributed by atoms with E-state index in [2.05, 4.69) is 21.0 Å². The maximum absolute atomic E-state index is 12.8. The molecule has 4 rings (SSSR count). The van der Waals surface area contributed by atoms with Gasteiger partial charge in [-0.25, -0.2) is 4.98 Å². The molecule has 31 heavy (non-hydrogen) atoms. The summed E-state index contributed by atoms with van der Waals surface area (Å²) in [4.78, 5) is 31.9. The molecule has 0 bridgehead atoms. The number of nitro benzene ring substituents is 1. The number of imidazole rings is 1. The van der Waals surface area contributed by atoms with E-state index in [-0.39, 0.29) is 11.6 Å². The van der Waals surface area contributed by atoms with Gasteiger partial charge in [0.15, 0.2) is 5.16 Å². The normalized spacial score (nSPS) is 14.1. The molecule has 9 heteroatoms. The van der Waals surface area contributed by atoms with E-state index in [0.29, 0.717) is 38.5 Å². The molecule has 2 aromatic carbocycles. The molecule has 1 amide bonds. The highest BCUT2D eigenvalue weighted by Gasteiger charge is 2.22. The van der Waals surface area contributed by atoms with Gasteiger partial charge in [-0.05, 0) is 24.3 Å². The second-order valence-electron chi connectivity index (χ2n) is 7.21. The van der Waals surface area contributed by atoms with Gasteiger partial charge < -0.3 is 14.4 Å². The van der Waals surface area contributed by atoms with Crippen LogP contribution in [0.25, 0.3) is 11.0 Å². The molecule has 0 aliphatic carbocycles. The average molecular weight is 438 g/mol. The van der Waals surface area contributed by atoms with Crippen molar-refractivity contribution in [3.05, 3.63) is 71.3 Å². The van der Waals surface area contributed by atoms with Crippen molar-refractivity contribution in [1.29, 1.82) is 0 Å². The van der Waals surface area contributed by atoms with E-state index in [1.165, 1.54) is 23.9 Å². The summed E-state index contributed by atoms with van der Waals surface area (Å²) in [7, 11) is 0. The fourth-order valence-corrected chi connectivity index (χ4v) is 4.61. The molecule has 0 saturated carbocycles. The Hall–Kier alpha value is -3.33. The van der Waals surface area contributed by atoms with Crippen molar-refractivity contribution in [3.8, 4) is 0 Å². The fraction of sp³-hybridized carbons (Fsp3) is 0.273. The molecule has 1 fully saturated rings. The van der Waals surface area contributed by atoms with Crippen molar-refractivity contribution in [2.75, 3.05) is 36.8 Å². The third-order valence-electron chi connectivity index (χ3n) is 5.31. The topological polar surface area (TPSA) is 84.5 Å². The monoisotopic (exact) mass is 437 g/mol. The lowest BCUT2D eigenvalue weighted by Gasteiger charge is -2.36. The second kappa shape index (κ2) is 9.22. The number of allylic oxidation sites excluding steroid dienone is 1. The van der Waals surface area contributed by atoms with Crippen LogP contribution in [-0.4, -0.2) is 57.2 Å². The SMILES string of the molecule is C=CCn1c(SCC(=O)N2CCN(c3ccc([N+](=O)[O-])cc3)CC2)nc2ccccc21. The number of hydrogen-bond acceptors (Lipinski definition) is 6. The number of aromatic nitrogens is 2. The maximum atomic E-state index is 12.8. The number of piperazine rings is 1. The lowest BCUT2D eigenvalue weighted by Crippen LogP contribution is -2.49. The van der Waals surface area contributed by atoms with Gasteiger partial charge in [0, 0.05) is 50.5 Å². The van der Waals surface area contributed by atoms with E-state index >= 15 is 0 Å². The summed E-state index contributed by atoms with van der Waals surface area (Å²) in [5.74, 6) is 0.420. The number of rotatable bonds is 7. The number of non-ortho nitro benzene ring substituents is 1. The van der Waals surface area contributed by atoms with Gasteiger partial charge in [0.25, 0.3) is 5.69 Å². The minimum atomic E-state index is -0.401. The van der Waals surface area contributed by atoms with E-state index in [0.717, 1.165) is 21.9 Å². The molecule has 1 aliphatic heterocycles. The summed E-state index contributed by atoms with van der Waals surface area (Å²) in [5.41, 5.74) is 2.97. The number of nitrogens with zero attached hydrogens (tertiary/aromatic N) is 5. The van der Waals surface area contributed by atoms with Crippen LogP contribution in [0, 0.1) is 10.1 Å². The number of fused-ring (bicyclic) bond motifs is 1.